The molecule has 1 aromatic heterocycles. The molecular weight excluding hydrogens is 254 g/mol. The largest absolute Gasteiger partial charge is 0.497 e. The smallest absolute Gasteiger partial charge is 0.284 e. The normalized spacial score (nSPS) is 12.1. The van der Waals surface area contributed by atoms with Gasteiger partial charge in [-0.15, -0.1) is 5.10 Å². The molecule has 0 bridgehead atoms. The summed E-state index contributed by atoms with van der Waals surface area (Å²) in [6, 6.07) is 7.36. The number of aromatic nitrogens is 2. The molecule has 96 valence electrons. The van der Waals surface area contributed by atoms with E-state index >= 15 is 0 Å². The standard InChI is InChI=1S/C11H13N3O3S/c1-16-8-4-2-7(3-5-8)12-6-9(15)10-13-14-11(18)17-10/h2-5,9,12,15H,6H2,1H3,(H,14,18). The van der Waals surface area contributed by atoms with Crippen LogP contribution in [0.4, 0.5) is 5.69 Å². The van der Waals surface area contributed by atoms with Gasteiger partial charge in [0.2, 0.25) is 5.89 Å². The Morgan fingerprint density at radius 3 is 2.78 bits per heavy atom. The number of nitrogens with one attached hydrogen (secondary N) is 2. The summed E-state index contributed by atoms with van der Waals surface area (Å²) in [5, 5.41) is 19.0. The van der Waals surface area contributed by atoms with Gasteiger partial charge in [0.05, 0.1) is 7.11 Å². The fourth-order valence-corrected chi connectivity index (χ4v) is 1.53. The van der Waals surface area contributed by atoms with Crippen LogP contribution in [0.15, 0.2) is 28.7 Å². The first-order valence-electron chi connectivity index (χ1n) is 5.30. The number of hydrogen-bond acceptors (Lipinski definition) is 6. The predicted octanol–water partition coefficient (Wildman–Crippen LogP) is 1.89. The van der Waals surface area contributed by atoms with Gasteiger partial charge in [0, 0.05) is 12.2 Å². The van der Waals surface area contributed by atoms with Gasteiger partial charge in [-0.1, -0.05) is 0 Å². The van der Waals surface area contributed by atoms with Crippen LogP contribution < -0.4 is 10.1 Å². The lowest BCUT2D eigenvalue weighted by Crippen LogP contribution is -2.12. The second kappa shape index (κ2) is 5.65. The maximum absolute atomic E-state index is 9.79. The second-order valence-electron chi connectivity index (χ2n) is 3.58. The van der Waals surface area contributed by atoms with E-state index in [0.29, 0.717) is 0 Å². The summed E-state index contributed by atoms with van der Waals surface area (Å²) < 4.78 is 10.1. The van der Waals surface area contributed by atoms with Gasteiger partial charge in [0.25, 0.3) is 4.84 Å². The molecule has 18 heavy (non-hydrogen) atoms. The first-order valence-corrected chi connectivity index (χ1v) is 5.71. The number of aromatic amines is 1. The molecule has 1 aromatic carbocycles. The number of aliphatic hydroxyl groups excluding tert-OH is 1. The maximum Gasteiger partial charge on any atom is 0.284 e. The number of aliphatic hydroxyl groups is 1. The molecule has 0 aliphatic heterocycles. The molecule has 7 heteroatoms. The summed E-state index contributed by atoms with van der Waals surface area (Å²) in [6.07, 6.45) is -0.861. The summed E-state index contributed by atoms with van der Waals surface area (Å²) >= 11 is 4.73. The van der Waals surface area contributed by atoms with Gasteiger partial charge in [0.15, 0.2) is 0 Å². The van der Waals surface area contributed by atoms with E-state index < -0.39 is 6.10 Å². The average Bonchev–Trinajstić information content (AvgIpc) is 2.83. The van der Waals surface area contributed by atoms with Crippen molar-refractivity contribution in [3.8, 4) is 5.75 Å². The van der Waals surface area contributed by atoms with E-state index in [-0.39, 0.29) is 17.3 Å². The highest BCUT2D eigenvalue weighted by molar-refractivity contribution is 7.71. The van der Waals surface area contributed by atoms with Gasteiger partial charge in [-0.05, 0) is 36.5 Å². The van der Waals surface area contributed by atoms with Crippen LogP contribution in [0.2, 0.25) is 0 Å². The van der Waals surface area contributed by atoms with E-state index in [2.05, 4.69) is 15.5 Å². The number of anilines is 1. The third-order valence-corrected chi connectivity index (χ3v) is 2.50. The lowest BCUT2D eigenvalue weighted by molar-refractivity contribution is 0.155. The topological polar surface area (TPSA) is 83.3 Å². The van der Waals surface area contributed by atoms with Gasteiger partial charge in [-0.2, -0.15) is 0 Å². The molecule has 0 fully saturated rings. The lowest BCUT2D eigenvalue weighted by Gasteiger charge is -2.09. The van der Waals surface area contributed by atoms with Crippen molar-refractivity contribution in [2.24, 2.45) is 0 Å². The fourth-order valence-electron chi connectivity index (χ4n) is 1.39. The van der Waals surface area contributed by atoms with Crippen molar-refractivity contribution in [3.05, 3.63) is 35.0 Å². The van der Waals surface area contributed by atoms with E-state index in [1.807, 2.05) is 24.3 Å². The van der Waals surface area contributed by atoms with Crippen LogP contribution in [0.25, 0.3) is 0 Å². The Kier molecular flexibility index (Phi) is 3.96. The van der Waals surface area contributed by atoms with Gasteiger partial charge in [0.1, 0.15) is 11.9 Å². The summed E-state index contributed by atoms with van der Waals surface area (Å²) in [5.41, 5.74) is 0.865. The Labute approximate surface area is 109 Å². The van der Waals surface area contributed by atoms with Crippen LogP contribution >= 0.6 is 12.2 Å². The van der Waals surface area contributed by atoms with Crippen LogP contribution in [0, 0.1) is 4.84 Å². The predicted molar refractivity (Wildman–Crippen MR) is 68.1 cm³/mol. The highest BCUT2D eigenvalue weighted by atomic mass is 32.1. The second-order valence-corrected chi connectivity index (χ2v) is 3.95. The van der Waals surface area contributed by atoms with E-state index in [0.717, 1.165) is 11.4 Å². The number of ether oxygens (including phenoxy) is 1. The molecule has 0 aliphatic carbocycles. The van der Waals surface area contributed by atoms with Crippen LogP contribution in [0.1, 0.15) is 12.0 Å². The molecule has 0 aliphatic rings. The quantitative estimate of drug-likeness (QED) is 0.717. The number of benzene rings is 1. The summed E-state index contributed by atoms with van der Waals surface area (Å²) in [4.78, 5) is 0.147. The number of nitrogens with zero attached hydrogens (tertiary/aromatic N) is 1. The first kappa shape index (κ1) is 12.6. The first-order chi connectivity index (χ1) is 8.69. The molecular formula is C11H13N3O3S. The van der Waals surface area contributed by atoms with Gasteiger partial charge < -0.3 is 19.6 Å². The minimum absolute atomic E-state index is 0.147. The zero-order valence-corrected chi connectivity index (χ0v) is 10.5. The summed E-state index contributed by atoms with van der Waals surface area (Å²) in [7, 11) is 1.61. The minimum atomic E-state index is -0.861. The highest BCUT2D eigenvalue weighted by Crippen LogP contribution is 2.16. The molecule has 0 saturated heterocycles. The van der Waals surface area contributed by atoms with Crippen LogP contribution in [-0.4, -0.2) is 29.0 Å². The molecule has 0 spiro atoms. The molecule has 2 rings (SSSR count). The van der Waals surface area contributed by atoms with Crippen molar-refractivity contribution in [1.29, 1.82) is 0 Å². The average molecular weight is 267 g/mol. The van der Waals surface area contributed by atoms with Crippen molar-refractivity contribution >= 4 is 17.9 Å². The summed E-state index contributed by atoms with van der Waals surface area (Å²) in [6.45, 7) is 0.273. The zero-order chi connectivity index (χ0) is 13.0. The number of hydrogen-bond donors (Lipinski definition) is 3. The van der Waals surface area contributed by atoms with E-state index in [1.54, 1.807) is 7.11 Å². The molecule has 0 radical (unpaired) electrons. The molecule has 2 aromatic rings. The minimum Gasteiger partial charge on any atom is -0.497 e. The van der Waals surface area contributed by atoms with Crippen LogP contribution in [-0.2, 0) is 0 Å². The van der Waals surface area contributed by atoms with E-state index in [1.165, 1.54) is 0 Å². The number of rotatable bonds is 5. The lowest BCUT2D eigenvalue weighted by atomic mass is 10.3. The molecule has 6 nitrogen and oxygen atoms in total. The Bertz CT molecular complexity index is 549. The van der Waals surface area contributed by atoms with Gasteiger partial charge in [-0.3, -0.25) is 0 Å². The van der Waals surface area contributed by atoms with Crippen molar-refractivity contribution in [2.45, 2.75) is 6.10 Å². The SMILES string of the molecule is COc1ccc(NCC(O)c2n[nH]c(=S)o2)cc1. The number of H-pyrrole nitrogens is 1. The van der Waals surface area contributed by atoms with Crippen LogP contribution in [0.5, 0.6) is 5.75 Å². The Hall–Kier alpha value is -1.86. The molecule has 1 unspecified atom stereocenters. The molecule has 3 N–H and O–H groups in total. The third kappa shape index (κ3) is 3.08. The Balaban J connectivity index is 1.92. The zero-order valence-electron chi connectivity index (χ0n) is 9.71. The molecule has 1 atom stereocenters. The Morgan fingerprint density at radius 1 is 1.50 bits per heavy atom. The van der Waals surface area contributed by atoms with E-state index in [9.17, 15) is 5.11 Å². The monoisotopic (exact) mass is 267 g/mol. The Morgan fingerprint density at radius 2 is 2.22 bits per heavy atom. The summed E-state index contributed by atoms with van der Waals surface area (Å²) in [5.74, 6) is 0.945. The third-order valence-electron chi connectivity index (χ3n) is 2.33. The highest BCUT2D eigenvalue weighted by Gasteiger charge is 2.12. The van der Waals surface area contributed by atoms with Crippen molar-refractivity contribution in [2.75, 3.05) is 19.0 Å². The molecule has 0 amide bonds. The maximum atomic E-state index is 9.79. The van der Waals surface area contributed by atoms with Gasteiger partial charge >= 0.3 is 0 Å². The van der Waals surface area contributed by atoms with Crippen molar-refractivity contribution in [1.82, 2.24) is 10.2 Å². The number of methoxy groups -OCH3 is 1. The van der Waals surface area contributed by atoms with Crippen LogP contribution in [0.3, 0.4) is 0 Å². The fraction of sp³-hybridized carbons (Fsp3) is 0.273. The van der Waals surface area contributed by atoms with Gasteiger partial charge in [-0.25, -0.2) is 5.10 Å². The van der Waals surface area contributed by atoms with Crippen molar-refractivity contribution < 1.29 is 14.3 Å². The van der Waals surface area contributed by atoms with E-state index in [4.69, 9.17) is 21.4 Å². The molecule has 0 saturated carbocycles. The molecule has 1 heterocycles. The van der Waals surface area contributed by atoms with Crippen molar-refractivity contribution in [3.63, 3.8) is 0 Å².